The molecular formula is C19H20ClF3N4O3. The number of halogens is 4. The van der Waals surface area contributed by atoms with Crippen molar-refractivity contribution in [1.82, 2.24) is 14.0 Å². The molecule has 3 rings (SSSR count). The van der Waals surface area contributed by atoms with Gasteiger partial charge in [-0.05, 0) is 25.1 Å². The fraction of sp³-hybridized carbons (Fsp3) is 0.316. The minimum atomic E-state index is -4.72. The second kappa shape index (κ2) is 8.49. The number of ether oxygens (including phenoxy) is 1. The summed E-state index contributed by atoms with van der Waals surface area (Å²) in [5.74, 6) is -0.617. The number of hydrogen-bond donors (Lipinski definition) is 1. The third-order valence-electron chi connectivity index (χ3n) is 4.81. The number of pyridine rings is 2. The van der Waals surface area contributed by atoms with Gasteiger partial charge < -0.3 is 19.4 Å². The van der Waals surface area contributed by atoms with Gasteiger partial charge in [-0.15, -0.1) is 12.4 Å². The van der Waals surface area contributed by atoms with Crippen LogP contribution in [0, 0.1) is 6.92 Å². The number of hydrogen-bond acceptors (Lipinski definition) is 5. The highest BCUT2D eigenvalue weighted by molar-refractivity contribution is 5.85. The Hall–Kier alpha value is -2.85. The summed E-state index contributed by atoms with van der Waals surface area (Å²) in [5.41, 5.74) is 4.44. The zero-order valence-electron chi connectivity index (χ0n) is 16.4. The van der Waals surface area contributed by atoms with Crippen LogP contribution in [0.1, 0.15) is 17.0 Å². The highest BCUT2D eigenvalue weighted by Crippen LogP contribution is 2.37. The SMILES string of the molecule is COC(=O)[C@@H](N)Cc1ccc(-c2c(C(F)(F)F)cc(C)n(C)c2=O)c2nccn12.Cl. The molecule has 30 heavy (non-hydrogen) atoms. The van der Waals surface area contributed by atoms with Crippen LogP contribution in [0.3, 0.4) is 0 Å². The van der Waals surface area contributed by atoms with Gasteiger partial charge in [0.25, 0.3) is 5.56 Å². The topological polar surface area (TPSA) is 91.6 Å². The third kappa shape index (κ3) is 4.05. The normalized spacial score (nSPS) is 12.5. The molecule has 1 atom stereocenters. The summed E-state index contributed by atoms with van der Waals surface area (Å²) >= 11 is 0. The first-order valence-corrected chi connectivity index (χ1v) is 8.62. The van der Waals surface area contributed by atoms with Crippen LogP contribution in [-0.2, 0) is 29.2 Å². The minimum absolute atomic E-state index is 0. The van der Waals surface area contributed by atoms with Crippen molar-refractivity contribution in [3.05, 3.63) is 57.9 Å². The highest BCUT2D eigenvalue weighted by Gasteiger charge is 2.36. The Morgan fingerprint density at radius 1 is 1.33 bits per heavy atom. The van der Waals surface area contributed by atoms with Gasteiger partial charge in [0.2, 0.25) is 0 Å². The Morgan fingerprint density at radius 3 is 2.60 bits per heavy atom. The Balaban J connectivity index is 0.00000320. The molecule has 3 heterocycles. The molecular weight excluding hydrogens is 425 g/mol. The predicted octanol–water partition coefficient (Wildman–Crippen LogP) is 2.49. The lowest BCUT2D eigenvalue weighted by Gasteiger charge is -2.17. The van der Waals surface area contributed by atoms with E-state index in [-0.39, 0.29) is 35.7 Å². The maximum atomic E-state index is 13.7. The van der Waals surface area contributed by atoms with E-state index in [9.17, 15) is 22.8 Å². The summed E-state index contributed by atoms with van der Waals surface area (Å²) in [5, 5.41) is 0. The molecule has 0 spiro atoms. The minimum Gasteiger partial charge on any atom is -0.468 e. The summed E-state index contributed by atoms with van der Waals surface area (Å²) in [6.07, 6.45) is -1.71. The zero-order chi connectivity index (χ0) is 21.5. The largest absolute Gasteiger partial charge is 0.468 e. The van der Waals surface area contributed by atoms with Gasteiger partial charge >= 0.3 is 12.1 Å². The molecule has 7 nitrogen and oxygen atoms in total. The molecule has 11 heteroatoms. The van der Waals surface area contributed by atoms with Crippen molar-refractivity contribution >= 4 is 24.0 Å². The first-order chi connectivity index (χ1) is 13.6. The van der Waals surface area contributed by atoms with Gasteiger partial charge in [-0.2, -0.15) is 13.2 Å². The van der Waals surface area contributed by atoms with Gasteiger partial charge in [0.05, 0.1) is 18.2 Å². The molecule has 0 saturated heterocycles. The number of methoxy groups -OCH3 is 1. The number of aryl methyl sites for hydroxylation is 1. The average molecular weight is 445 g/mol. The number of alkyl halides is 3. The van der Waals surface area contributed by atoms with E-state index in [1.54, 1.807) is 0 Å². The fourth-order valence-electron chi connectivity index (χ4n) is 3.20. The molecule has 3 aromatic heterocycles. The van der Waals surface area contributed by atoms with Crippen LogP contribution in [0.5, 0.6) is 0 Å². The van der Waals surface area contributed by atoms with Gasteiger partial charge in [0, 0.05) is 42.8 Å². The molecule has 0 amide bonds. The Kier molecular flexibility index (Phi) is 6.63. The van der Waals surface area contributed by atoms with E-state index in [1.807, 2.05) is 0 Å². The second-order valence-electron chi connectivity index (χ2n) is 6.63. The Morgan fingerprint density at radius 2 is 2.00 bits per heavy atom. The van der Waals surface area contributed by atoms with Crippen molar-refractivity contribution in [3.63, 3.8) is 0 Å². The molecule has 2 N–H and O–H groups in total. The van der Waals surface area contributed by atoms with E-state index < -0.39 is 34.9 Å². The van der Waals surface area contributed by atoms with Crippen LogP contribution < -0.4 is 11.3 Å². The van der Waals surface area contributed by atoms with E-state index in [0.29, 0.717) is 5.69 Å². The van der Waals surface area contributed by atoms with Gasteiger partial charge in [-0.1, -0.05) is 0 Å². The van der Waals surface area contributed by atoms with Crippen LogP contribution in [0.15, 0.2) is 35.4 Å². The lowest BCUT2D eigenvalue weighted by Crippen LogP contribution is -2.34. The van der Waals surface area contributed by atoms with Crippen LogP contribution >= 0.6 is 12.4 Å². The number of nitrogens with zero attached hydrogens (tertiary/aromatic N) is 3. The number of esters is 1. The van der Waals surface area contributed by atoms with Crippen molar-refractivity contribution in [1.29, 1.82) is 0 Å². The fourth-order valence-corrected chi connectivity index (χ4v) is 3.20. The van der Waals surface area contributed by atoms with Crippen LogP contribution in [-0.4, -0.2) is 33.1 Å². The number of rotatable bonds is 4. The van der Waals surface area contributed by atoms with E-state index in [1.165, 1.54) is 50.0 Å². The third-order valence-corrected chi connectivity index (χ3v) is 4.81. The molecule has 0 bridgehead atoms. The number of carbonyl (C=O) groups is 1. The van der Waals surface area contributed by atoms with Crippen molar-refractivity contribution < 1.29 is 22.7 Å². The first kappa shape index (κ1) is 23.4. The number of fused-ring (bicyclic) bond motifs is 1. The molecule has 0 unspecified atom stereocenters. The summed E-state index contributed by atoms with van der Waals surface area (Å²) in [7, 11) is 2.62. The molecule has 0 aliphatic rings. The Labute approximate surface area is 175 Å². The monoisotopic (exact) mass is 444 g/mol. The smallest absolute Gasteiger partial charge is 0.417 e. The lowest BCUT2D eigenvalue weighted by atomic mass is 10.00. The van der Waals surface area contributed by atoms with Crippen LogP contribution in [0.2, 0.25) is 0 Å². The quantitative estimate of drug-likeness (QED) is 0.624. The molecule has 0 fully saturated rings. The Bertz CT molecular complexity index is 1150. The van der Waals surface area contributed by atoms with Crippen molar-refractivity contribution in [2.24, 2.45) is 12.8 Å². The molecule has 0 aliphatic carbocycles. The van der Waals surface area contributed by atoms with Gasteiger partial charge in [-0.3, -0.25) is 9.59 Å². The van der Waals surface area contributed by atoms with E-state index in [4.69, 9.17) is 5.73 Å². The second-order valence-corrected chi connectivity index (χ2v) is 6.63. The maximum Gasteiger partial charge on any atom is 0.417 e. The number of carbonyl (C=O) groups excluding carboxylic acids is 1. The highest BCUT2D eigenvalue weighted by atomic mass is 35.5. The van der Waals surface area contributed by atoms with Gasteiger partial charge in [-0.25, -0.2) is 4.98 Å². The summed E-state index contributed by atoms with van der Waals surface area (Å²) < 4.78 is 48.3. The standard InChI is InChI=1S/C19H19F3N4O3.ClH/c1-10-8-13(19(20,21)22)15(17(27)25(10)2)12-5-4-11(9-14(23)18(28)29-3)26-7-6-24-16(12)26;/h4-8,14H,9,23H2,1-3H3;1H/t14-;/m0./s1. The lowest BCUT2D eigenvalue weighted by molar-refractivity contribution is -0.142. The van der Waals surface area contributed by atoms with E-state index in [2.05, 4.69) is 9.72 Å². The molecule has 0 radical (unpaired) electrons. The van der Waals surface area contributed by atoms with Crippen molar-refractivity contribution in [2.45, 2.75) is 25.6 Å². The van der Waals surface area contributed by atoms with E-state index >= 15 is 0 Å². The van der Waals surface area contributed by atoms with Crippen LogP contribution in [0.25, 0.3) is 16.8 Å². The maximum absolute atomic E-state index is 13.7. The molecule has 0 saturated carbocycles. The van der Waals surface area contributed by atoms with Gasteiger partial charge in [0.15, 0.2) is 0 Å². The first-order valence-electron chi connectivity index (χ1n) is 8.62. The van der Waals surface area contributed by atoms with Crippen LogP contribution in [0.4, 0.5) is 13.2 Å². The molecule has 162 valence electrons. The summed E-state index contributed by atoms with van der Waals surface area (Å²) in [6, 6.07) is 2.90. The molecule has 0 aromatic carbocycles. The van der Waals surface area contributed by atoms with Crippen molar-refractivity contribution in [3.8, 4) is 11.1 Å². The average Bonchev–Trinajstić information content (AvgIpc) is 3.15. The molecule has 3 aromatic rings. The number of nitrogens with two attached hydrogens (primary N) is 1. The summed E-state index contributed by atoms with van der Waals surface area (Å²) in [4.78, 5) is 28.5. The number of imidazole rings is 1. The number of aromatic nitrogens is 3. The predicted molar refractivity (Wildman–Crippen MR) is 107 cm³/mol. The molecule has 0 aliphatic heterocycles. The summed E-state index contributed by atoms with van der Waals surface area (Å²) in [6.45, 7) is 1.43. The van der Waals surface area contributed by atoms with Crippen molar-refractivity contribution in [2.75, 3.05) is 7.11 Å². The van der Waals surface area contributed by atoms with E-state index in [0.717, 1.165) is 10.6 Å². The zero-order valence-corrected chi connectivity index (χ0v) is 17.2. The van der Waals surface area contributed by atoms with Gasteiger partial charge in [0.1, 0.15) is 11.7 Å².